The molecule has 0 aliphatic heterocycles. The first-order valence-corrected chi connectivity index (χ1v) is 6.58. The second-order valence-corrected chi connectivity index (χ2v) is 4.52. The smallest absolute Gasteiger partial charge is 0.127 e. The predicted molar refractivity (Wildman–Crippen MR) is 85.4 cm³/mol. The van der Waals surface area contributed by atoms with Crippen molar-refractivity contribution in [3.05, 3.63) is 60.2 Å². The quantitative estimate of drug-likeness (QED) is 0.854. The van der Waals surface area contributed by atoms with Crippen molar-refractivity contribution in [3.8, 4) is 11.5 Å². The zero-order valence-corrected chi connectivity index (χ0v) is 12.2. The van der Waals surface area contributed by atoms with Crippen molar-refractivity contribution in [2.45, 2.75) is 18.9 Å². The lowest BCUT2D eigenvalue weighted by Crippen LogP contribution is -2.12. The van der Waals surface area contributed by atoms with Crippen molar-refractivity contribution in [2.24, 2.45) is 11.5 Å². The number of halogens is 1. The number of rotatable bonds is 6. The first-order chi connectivity index (χ1) is 9.29. The summed E-state index contributed by atoms with van der Waals surface area (Å²) < 4.78 is 5.73. The number of hydrogen-bond donors (Lipinski definition) is 2. The summed E-state index contributed by atoms with van der Waals surface area (Å²) in [6, 6.07) is 17.7. The highest BCUT2D eigenvalue weighted by molar-refractivity contribution is 5.85. The molecular formula is C16H21ClN2O. The molecule has 0 aromatic heterocycles. The highest BCUT2D eigenvalue weighted by Gasteiger charge is 2.05. The van der Waals surface area contributed by atoms with Gasteiger partial charge in [-0.1, -0.05) is 30.3 Å². The standard InChI is InChI=1S/C16H20N2O.ClH/c17-12-4-7-16(18)13-8-10-15(11-9-13)19-14-5-2-1-3-6-14;/h1-3,5-6,8-11,16H,4,7,12,17-18H2;1H/t16-;/m1./s1. The summed E-state index contributed by atoms with van der Waals surface area (Å²) in [5, 5.41) is 0. The fourth-order valence-corrected chi connectivity index (χ4v) is 1.91. The summed E-state index contributed by atoms with van der Waals surface area (Å²) in [7, 11) is 0. The van der Waals surface area contributed by atoms with E-state index in [4.69, 9.17) is 16.2 Å². The van der Waals surface area contributed by atoms with Gasteiger partial charge in [-0.3, -0.25) is 0 Å². The van der Waals surface area contributed by atoms with E-state index in [-0.39, 0.29) is 18.4 Å². The Kier molecular flexibility index (Phi) is 7.09. The molecule has 0 aliphatic carbocycles. The van der Waals surface area contributed by atoms with Crippen LogP contribution in [-0.4, -0.2) is 6.54 Å². The molecule has 0 heterocycles. The average molecular weight is 293 g/mol. The molecule has 0 unspecified atom stereocenters. The van der Waals surface area contributed by atoms with Gasteiger partial charge in [-0.2, -0.15) is 0 Å². The minimum absolute atomic E-state index is 0. The van der Waals surface area contributed by atoms with Crippen LogP contribution >= 0.6 is 12.4 Å². The van der Waals surface area contributed by atoms with E-state index in [1.807, 2.05) is 54.6 Å². The molecule has 0 radical (unpaired) electrons. The minimum atomic E-state index is 0. The van der Waals surface area contributed by atoms with Crippen molar-refractivity contribution in [2.75, 3.05) is 6.54 Å². The van der Waals surface area contributed by atoms with Gasteiger partial charge in [0.05, 0.1) is 0 Å². The maximum absolute atomic E-state index is 6.09. The van der Waals surface area contributed by atoms with E-state index >= 15 is 0 Å². The monoisotopic (exact) mass is 292 g/mol. The molecule has 2 aromatic carbocycles. The van der Waals surface area contributed by atoms with Gasteiger partial charge < -0.3 is 16.2 Å². The molecule has 2 aromatic rings. The van der Waals surface area contributed by atoms with E-state index < -0.39 is 0 Å². The Morgan fingerprint density at radius 3 is 2.10 bits per heavy atom. The fraction of sp³-hybridized carbons (Fsp3) is 0.250. The van der Waals surface area contributed by atoms with Crippen molar-refractivity contribution < 1.29 is 4.74 Å². The van der Waals surface area contributed by atoms with Crippen molar-refractivity contribution in [1.29, 1.82) is 0 Å². The molecule has 20 heavy (non-hydrogen) atoms. The van der Waals surface area contributed by atoms with E-state index in [2.05, 4.69) is 0 Å². The van der Waals surface area contributed by atoms with Gasteiger partial charge in [-0.25, -0.2) is 0 Å². The van der Waals surface area contributed by atoms with Crippen LogP contribution in [0.2, 0.25) is 0 Å². The normalized spacial score (nSPS) is 11.5. The van der Waals surface area contributed by atoms with Crippen LogP contribution in [0.5, 0.6) is 11.5 Å². The third-order valence-corrected chi connectivity index (χ3v) is 3.01. The number of para-hydroxylation sites is 1. The predicted octanol–water partition coefficient (Wildman–Crippen LogP) is 3.64. The van der Waals surface area contributed by atoms with Gasteiger partial charge in [0.2, 0.25) is 0 Å². The van der Waals surface area contributed by atoms with Gasteiger partial charge in [0.25, 0.3) is 0 Å². The summed E-state index contributed by atoms with van der Waals surface area (Å²) in [4.78, 5) is 0. The summed E-state index contributed by atoms with van der Waals surface area (Å²) in [6.07, 6.45) is 1.86. The van der Waals surface area contributed by atoms with Crippen LogP contribution in [-0.2, 0) is 0 Å². The van der Waals surface area contributed by atoms with Crippen molar-refractivity contribution >= 4 is 12.4 Å². The number of hydrogen-bond acceptors (Lipinski definition) is 3. The lowest BCUT2D eigenvalue weighted by Gasteiger charge is -2.12. The van der Waals surface area contributed by atoms with E-state index in [0.29, 0.717) is 6.54 Å². The third kappa shape index (κ3) is 4.85. The van der Waals surface area contributed by atoms with Crippen molar-refractivity contribution in [1.82, 2.24) is 0 Å². The topological polar surface area (TPSA) is 61.3 Å². The number of benzene rings is 2. The molecule has 0 saturated carbocycles. The summed E-state index contributed by atoms with van der Waals surface area (Å²) in [5.74, 6) is 1.66. The van der Waals surface area contributed by atoms with Gasteiger partial charge in [-0.05, 0) is 49.2 Å². The molecule has 0 bridgehead atoms. The van der Waals surface area contributed by atoms with Crippen LogP contribution in [0.1, 0.15) is 24.4 Å². The number of ether oxygens (including phenoxy) is 1. The molecule has 0 fully saturated rings. The molecule has 0 spiro atoms. The van der Waals surface area contributed by atoms with Gasteiger partial charge >= 0.3 is 0 Å². The Balaban J connectivity index is 0.00000200. The maximum Gasteiger partial charge on any atom is 0.127 e. The van der Waals surface area contributed by atoms with Gasteiger partial charge in [0, 0.05) is 6.04 Å². The summed E-state index contributed by atoms with van der Waals surface area (Å²) in [5.41, 5.74) is 12.7. The Bertz CT molecular complexity index is 488. The van der Waals surface area contributed by atoms with Crippen LogP contribution < -0.4 is 16.2 Å². The van der Waals surface area contributed by atoms with E-state index in [1.54, 1.807) is 0 Å². The lowest BCUT2D eigenvalue weighted by molar-refractivity contribution is 0.482. The number of nitrogens with two attached hydrogens (primary N) is 2. The van der Waals surface area contributed by atoms with Crippen LogP contribution in [0, 0.1) is 0 Å². The molecular weight excluding hydrogens is 272 g/mol. The SMILES string of the molecule is Cl.NCCC[C@@H](N)c1ccc(Oc2ccccc2)cc1. The average Bonchev–Trinajstić information content (AvgIpc) is 2.46. The maximum atomic E-state index is 6.09. The highest BCUT2D eigenvalue weighted by atomic mass is 35.5. The van der Waals surface area contributed by atoms with Crippen molar-refractivity contribution in [3.63, 3.8) is 0 Å². The minimum Gasteiger partial charge on any atom is -0.457 e. The molecule has 108 valence electrons. The highest BCUT2D eigenvalue weighted by Crippen LogP contribution is 2.23. The molecule has 0 saturated heterocycles. The Morgan fingerprint density at radius 2 is 1.50 bits per heavy atom. The van der Waals surface area contributed by atoms with Gasteiger partial charge in [-0.15, -0.1) is 12.4 Å². The second kappa shape index (κ2) is 8.59. The largest absolute Gasteiger partial charge is 0.457 e. The summed E-state index contributed by atoms with van der Waals surface area (Å²) >= 11 is 0. The first kappa shape index (κ1) is 16.5. The fourth-order valence-electron chi connectivity index (χ4n) is 1.91. The molecule has 2 rings (SSSR count). The van der Waals surface area contributed by atoms with Gasteiger partial charge in [0.1, 0.15) is 11.5 Å². The van der Waals surface area contributed by atoms with E-state index in [0.717, 1.165) is 29.9 Å². The zero-order valence-electron chi connectivity index (χ0n) is 11.4. The van der Waals surface area contributed by atoms with E-state index in [1.165, 1.54) is 0 Å². The second-order valence-electron chi connectivity index (χ2n) is 4.52. The Morgan fingerprint density at radius 1 is 0.900 bits per heavy atom. The lowest BCUT2D eigenvalue weighted by atomic mass is 10.0. The van der Waals surface area contributed by atoms with Crippen LogP contribution in [0.15, 0.2) is 54.6 Å². The van der Waals surface area contributed by atoms with Crippen LogP contribution in [0.25, 0.3) is 0 Å². The van der Waals surface area contributed by atoms with Crippen LogP contribution in [0.3, 0.4) is 0 Å². The third-order valence-electron chi connectivity index (χ3n) is 3.01. The first-order valence-electron chi connectivity index (χ1n) is 6.58. The Hall–Kier alpha value is -1.55. The zero-order chi connectivity index (χ0) is 13.5. The molecule has 1 atom stereocenters. The van der Waals surface area contributed by atoms with Gasteiger partial charge in [0.15, 0.2) is 0 Å². The molecule has 0 amide bonds. The Labute approximate surface area is 126 Å². The summed E-state index contributed by atoms with van der Waals surface area (Å²) in [6.45, 7) is 0.683. The molecule has 4 N–H and O–H groups in total. The molecule has 4 heteroatoms. The molecule has 0 aliphatic rings. The van der Waals surface area contributed by atoms with E-state index in [9.17, 15) is 0 Å². The molecule has 3 nitrogen and oxygen atoms in total. The van der Waals surface area contributed by atoms with Crippen LogP contribution in [0.4, 0.5) is 0 Å².